The highest BCUT2D eigenvalue weighted by atomic mass is 35.7. The third kappa shape index (κ3) is 4.43. The summed E-state index contributed by atoms with van der Waals surface area (Å²) in [6.07, 6.45) is -2.66. The van der Waals surface area contributed by atoms with Crippen molar-refractivity contribution in [2.45, 2.75) is 18.2 Å². The van der Waals surface area contributed by atoms with Crippen molar-refractivity contribution >= 4 is 25.6 Å². The Morgan fingerprint density at radius 1 is 1.37 bits per heavy atom. The van der Waals surface area contributed by atoms with Crippen LogP contribution in [-0.2, 0) is 9.05 Å². The summed E-state index contributed by atoms with van der Waals surface area (Å²) in [6, 6.07) is 3.78. The molecule has 19 heavy (non-hydrogen) atoms. The first-order valence-corrected chi connectivity index (χ1v) is 7.52. The molecule has 0 saturated heterocycles. The van der Waals surface area contributed by atoms with E-state index in [1.807, 2.05) is 0 Å². The van der Waals surface area contributed by atoms with Gasteiger partial charge in [-0.1, -0.05) is 0 Å². The number of amides is 1. The van der Waals surface area contributed by atoms with Gasteiger partial charge in [-0.15, -0.1) is 0 Å². The van der Waals surface area contributed by atoms with Crippen LogP contribution in [0.4, 0.5) is 8.78 Å². The Morgan fingerprint density at radius 3 is 2.42 bits per heavy atom. The van der Waals surface area contributed by atoms with Gasteiger partial charge in [0.2, 0.25) is 0 Å². The third-order valence-corrected chi connectivity index (χ3v) is 3.67. The zero-order valence-corrected chi connectivity index (χ0v) is 11.8. The molecule has 0 heterocycles. The van der Waals surface area contributed by atoms with E-state index < -0.39 is 27.9 Å². The minimum Gasteiger partial charge on any atom is -0.336 e. The molecule has 0 aliphatic heterocycles. The number of halogens is 3. The standard InChI is InChI=1S/C11H12ClF2NO3S/c1-7-3-8(5-9(4-7)19(12,17)18)11(16)15(2)6-10(13)14/h3-5,10H,6H2,1-2H3. The van der Waals surface area contributed by atoms with Crippen molar-refractivity contribution in [2.24, 2.45) is 0 Å². The van der Waals surface area contributed by atoms with Crippen LogP contribution in [0.25, 0.3) is 0 Å². The van der Waals surface area contributed by atoms with Gasteiger partial charge in [-0.25, -0.2) is 17.2 Å². The smallest absolute Gasteiger partial charge is 0.261 e. The number of hydrogen-bond donors (Lipinski definition) is 0. The summed E-state index contributed by atoms with van der Waals surface area (Å²) in [6.45, 7) is 0.852. The molecule has 106 valence electrons. The molecule has 8 heteroatoms. The second kappa shape index (κ2) is 5.83. The summed E-state index contributed by atoms with van der Waals surface area (Å²) < 4.78 is 46.9. The summed E-state index contributed by atoms with van der Waals surface area (Å²) in [4.78, 5) is 12.5. The van der Waals surface area contributed by atoms with E-state index in [2.05, 4.69) is 0 Å². The lowest BCUT2D eigenvalue weighted by molar-refractivity contribution is 0.0620. The summed E-state index contributed by atoms with van der Waals surface area (Å²) in [5, 5.41) is 0. The molecule has 0 unspecified atom stereocenters. The molecule has 1 amide bonds. The molecular weight excluding hydrogens is 300 g/mol. The number of benzene rings is 1. The molecule has 0 atom stereocenters. The number of aryl methyl sites for hydroxylation is 1. The first-order chi connectivity index (χ1) is 8.61. The molecule has 0 saturated carbocycles. The number of alkyl halides is 2. The van der Waals surface area contributed by atoms with Gasteiger partial charge >= 0.3 is 0 Å². The van der Waals surface area contributed by atoms with Crippen molar-refractivity contribution in [1.82, 2.24) is 4.90 Å². The predicted molar refractivity (Wildman–Crippen MR) is 67.2 cm³/mol. The summed E-state index contributed by atoms with van der Waals surface area (Å²) in [5.74, 6) is -0.689. The van der Waals surface area contributed by atoms with Crippen LogP contribution in [0.1, 0.15) is 15.9 Å². The summed E-state index contributed by atoms with van der Waals surface area (Å²) >= 11 is 0. The monoisotopic (exact) mass is 311 g/mol. The molecule has 0 aliphatic carbocycles. The highest BCUT2D eigenvalue weighted by molar-refractivity contribution is 8.13. The van der Waals surface area contributed by atoms with Gasteiger partial charge in [0.25, 0.3) is 21.4 Å². The SMILES string of the molecule is Cc1cc(C(=O)N(C)CC(F)F)cc(S(=O)(=O)Cl)c1. The molecule has 0 aliphatic rings. The fraction of sp³-hybridized carbons (Fsp3) is 0.364. The maximum absolute atomic E-state index is 12.2. The minimum absolute atomic E-state index is 0.00220. The second-order valence-corrected chi connectivity index (χ2v) is 6.62. The average Bonchev–Trinajstić information content (AvgIpc) is 2.25. The maximum Gasteiger partial charge on any atom is 0.261 e. The number of nitrogens with zero attached hydrogens (tertiary/aromatic N) is 1. The third-order valence-electron chi connectivity index (χ3n) is 2.34. The zero-order chi connectivity index (χ0) is 14.8. The molecule has 4 nitrogen and oxygen atoms in total. The lowest BCUT2D eigenvalue weighted by Gasteiger charge is -2.17. The zero-order valence-electron chi connectivity index (χ0n) is 10.2. The van der Waals surface area contributed by atoms with Crippen LogP contribution in [-0.4, -0.2) is 39.2 Å². The van der Waals surface area contributed by atoms with Gasteiger partial charge in [0.05, 0.1) is 11.4 Å². The molecule has 0 aromatic heterocycles. The fourth-order valence-corrected chi connectivity index (χ4v) is 2.38. The normalized spacial score (nSPS) is 11.7. The molecule has 0 spiro atoms. The van der Waals surface area contributed by atoms with E-state index in [0.717, 1.165) is 11.0 Å². The van der Waals surface area contributed by atoms with E-state index in [1.165, 1.54) is 19.2 Å². The van der Waals surface area contributed by atoms with Gasteiger partial charge in [0.15, 0.2) is 0 Å². The van der Waals surface area contributed by atoms with Crippen LogP contribution < -0.4 is 0 Å². The second-order valence-electron chi connectivity index (χ2n) is 4.05. The van der Waals surface area contributed by atoms with Crippen LogP contribution in [0.5, 0.6) is 0 Å². The number of rotatable bonds is 4. The molecule has 1 rings (SSSR count). The number of carbonyl (C=O) groups is 1. The van der Waals surface area contributed by atoms with Gasteiger partial charge in [0.1, 0.15) is 0 Å². The molecule has 0 bridgehead atoms. The van der Waals surface area contributed by atoms with Crippen LogP contribution in [0.15, 0.2) is 23.1 Å². The Bertz CT molecular complexity index is 590. The van der Waals surface area contributed by atoms with Crippen molar-refractivity contribution in [3.05, 3.63) is 29.3 Å². The molecule has 0 N–H and O–H groups in total. The lowest BCUT2D eigenvalue weighted by Crippen LogP contribution is -2.31. The van der Waals surface area contributed by atoms with E-state index >= 15 is 0 Å². The van der Waals surface area contributed by atoms with Crippen molar-refractivity contribution < 1.29 is 22.0 Å². The van der Waals surface area contributed by atoms with E-state index in [1.54, 1.807) is 6.92 Å². The molecular formula is C11H12ClF2NO3S. The molecule has 0 fully saturated rings. The van der Waals surface area contributed by atoms with E-state index in [0.29, 0.717) is 5.56 Å². The fourth-order valence-electron chi connectivity index (χ4n) is 1.52. The first kappa shape index (κ1) is 15.8. The van der Waals surface area contributed by atoms with Gasteiger partial charge in [-0.3, -0.25) is 4.79 Å². The average molecular weight is 312 g/mol. The molecule has 1 aromatic carbocycles. The highest BCUT2D eigenvalue weighted by Crippen LogP contribution is 2.19. The number of hydrogen-bond acceptors (Lipinski definition) is 3. The van der Waals surface area contributed by atoms with Gasteiger partial charge < -0.3 is 4.90 Å². The largest absolute Gasteiger partial charge is 0.336 e. The summed E-state index contributed by atoms with van der Waals surface area (Å²) in [5.41, 5.74) is 0.498. The van der Waals surface area contributed by atoms with E-state index in [4.69, 9.17) is 10.7 Å². The Morgan fingerprint density at radius 2 is 1.95 bits per heavy atom. The molecule has 0 radical (unpaired) electrons. The Labute approximate surface area is 114 Å². The maximum atomic E-state index is 12.2. The number of carbonyl (C=O) groups excluding carboxylic acids is 1. The topological polar surface area (TPSA) is 54.5 Å². The Hall–Kier alpha value is -1.21. The van der Waals surface area contributed by atoms with Gasteiger partial charge in [-0.05, 0) is 30.7 Å². The van der Waals surface area contributed by atoms with E-state index in [-0.39, 0.29) is 10.5 Å². The van der Waals surface area contributed by atoms with Crippen molar-refractivity contribution in [1.29, 1.82) is 0 Å². The highest BCUT2D eigenvalue weighted by Gasteiger charge is 2.19. The van der Waals surface area contributed by atoms with Crippen molar-refractivity contribution in [2.75, 3.05) is 13.6 Å². The Balaban J connectivity index is 3.14. The van der Waals surface area contributed by atoms with Gasteiger partial charge in [-0.2, -0.15) is 0 Å². The predicted octanol–water partition coefficient (Wildman–Crippen LogP) is 2.26. The quantitative estimate of drug-likeness (QED) is 0.802. The van der Waals surface area contributed by atoms with Gasteiger partial charge in [0, 0.05) is 23.3 Å². The van der Waals surface area contributed by atoms with Crippen molar-refractivity contribution in [3.8, 4) is 0 Å². The minimum atomic E-state index is -3.98. The first-order valence-electron chi connectivity index (χ1n) is 5.21. The molecule has 1 aromatic rings. The van der Waals surface area contributed by atoms with Crippen LogP contribution >= 0.6 is 10.7 Å². The van der Waals surface area contributed by atoms with E-state index in [9.17, 15) is 22.0 Å². The van der Waals surface area contributed by atoms with Crippen LogP contribution in [0.3, 0.4) is 0 Å². The summed E-state index contributed by atoms with van der Waals surface area (Å²) in [7, 11) is 2.44. The van der Waals surface area contributed by atoms with Crippen LogP contribution in [0.2, 0.25) is 0 Å². The lowest BCUT2D eigenvalue weighted by atomic mass is 10.1. The van der Waals surface area contributed by atoms with Crippen LogP contribution in [0, 0.1) is 6.92 Å². The van der Waals surface area contributed by atoms with Crippen molar-refractivity contribution in [3.63, 3.8) is 0 Å². The Kier molecular flexibility index (Phi) is 4.86.